The van der Waals surface area contributed by atoms with Gasteiger partial charge in [-0.3, -0.25) is 9.55 Å². The lowest BCUT2D eigenvalue weighted by Gasteiger charge is -2.21. The highest BCUT2D eigenvalue weighted by Gasteiger charge is 2.35. The molecule has 218 valence electrons. The van der Waals surface area contributed by atoms with Crippen LogP contribution in [0.4, 0.5) is 0 Å². The summed E-state index contributed by atoms with van der Waals surface area (Å²) < 4.78 is 2.20. The molecule has 46 heavy (non-hydrogen) atoms. The average molecular weight is 592 g/mol. The van der Waals surface area contributed by atoms with E-state index >= 15 is 0 Å². The molecule has 0 unspecified atom stereocenters. The first-order valence-electron chi connectivity index (χ1n) is 15.6. The van der Waals surface area contributed by atoms with E-state index in [0.29, 0.717) is 0 Å². The highest BCUT2D eigenvalue weighted by Crippen LogP contribution is 2.49. The first kappa shape index (κ1) is 26.5. The molecule has 0 bridgehead atoms. The van der Waals surface area contributed by atoms with E-state index in [1.165, 1.54) is 22.3 Å². The van der Waals surface area contributed by atoms with Crippen LogP contribution in [-0.2, 0) is 5.41 Å². The van der Waals surface area contributed by atoms with Crippen molar-refractivity contribution in [3.8, 4) is 51.0 Å². The molecule has 0 aliphatic heterocycles. The lowest BCUT2D eigenvalue weighted by molar-refractivity contribution is 0.660. The second-order valence-corrected chi connectivity index (χ2v) is 12.4. The Morgan fingerprint density at radius 1 is 0.500 bits per heavy atom. The van der Waals surface area contributed by atoms with Crippen molar-refractivity contribution < 1.29 is 0 Å². The first-order chi connectivity index (χ1) is 22.6. The zero-order chi connectivity index (χ0) is 30.8. The maximum atomic E-state index is 5.11. The molecule has 0 amide bonds. The fourth-order valence-electron chi connectivity index (χ4n) is 7.07. The molecule has 0 spiro atoms. The number of hydrogen-bond acceptors (Lipinski definition) is 4. The van der Waals surface area contributed by atoms with Gasteiger partial charge in [0.2, 0.25) is 0 Å². The molecule has 1 aliphatic rings. The minimum absolute atomic E-state index is 0.0624. The molecule has 0 atom stereocenters. The van der Waals surface area contributed by atoms with E-state index < -0.39 is 0 Å². The number of pyridine rings is 4. The van der Waals surface area contributed by atoms with Crippen LogP contribution in [-0.4, -0.2) is 24.5 Å². The van der Waals surface area contributed by atoms with Crippen molar-refractivity contribution in [2.45, 2.75) is 19.3 Å². The van der Waals surface area contributed by atoms with Crippen LogP contribution in [0.15, 0.2) is 140 Å². The lowest BCUT2D eigenvalue weighted by atomic mass is 9.82. The maximum Gasteiger partial charge on any atom is 0.138 e. The van der Waals surface area contributed by atoms with Gasteiger partial charge in [0.1, 0.15) is 5.82 Å². The van der Waals surface area contributed by atoms with E-state index in [1.807, 2.05) is 60.9 Å². The van der Waals surface area contributed by atoms with Gasteiger partial charge in [-0.25, -0.2) is 15.0 Å². The number of hydrogen-bond donors (Lipinski definition) is 0. The molecule has 0 radical (unpaired) electrons. The Hall–Kier alpha value is -5.94. The molecule has 8 aromatic rings. The Kier molecular flexibility index (Phi) is 5.78. The highest BCUT2D eigenvalue weighted by molar-refractivity contribution is 6.08. The molecule has 3 aromatic carbocycles. The Bertz CT molecular complexity index is 2420. The SMILES string of the molecule is CC1(C)c2ccccc2-c2ccc(-c3cccc(-c4cccc(-c5cccc(-n6c7ccccc7c7cnccc76)n5)n4)n3)cc21. The van der Waals surface area contributed by atoms with Crippen molar-refractivity contribution in [2.75, 3.05) is 0 Å². The van der Waals surface area contributed by atoms with Gasteiger partial charge in [-0.05, 0) is 76.9 Å². The fraction of sp³-hybridized carbons (Fsp3) is 0.0732. The van der Waals surface area contributed by atoms with E-state index in [-0.39, 0.29) is 5.41 Å². The summed E-state index contributed by atoms with van der Waals surface area (Å²) in [5, 5.41) is 2.26. The van der Waals surface area contributed by atoms with Crippen LogP contribution in [0.3, 0.4) is 0 Å². The van der Waals surface area contributed by atoms with Gasteiger partial charge in [0.25, 0.3) is 0 Å². The van der Waals surface area contributed by atoms with Crippen molar-refractivity contribution >= 4 is 21.8 Å². The quantitative estimate of drug-likeness (QED) is 0.204. The zero-order valence-corrected chi connectivity index (χ0v) is 25.5. The molecular formula is C41H29N5. The monoisotopic (exact) mass is 591 g/mol. The zero-order valence-electron chi connectivity index (χ0n) is 25.5. The van der Waals surface area contributed by atoms with Gasteiger partial charge >= 0.3 is 0 Å². The number of benzene rings is 3. The number of nitrogens with zero attached hydrogens (tertiary/aromatic N) is 5. The van der Waals surface area contributed by atoms with Crippen molar-refractivity contribution in [1.29, 1.82) is 0 Å². The summed E-state index contributed by atoms with van der Waals surface area (Å²) >= 11 is 0. The average Bonchev–Trinajstić information content (AvgIpc) is 3.57. The maximum absolute atomic E-state index is 5.11. The standard InChI is InChI=1S/C41H29N5/c1-41(2)31-12-5-3-10-27(31)28-21-20-26(24-32(28)41)33-13-7-14-34(43-33)35-15-8-16-36(44-35)37-17-9-19-40(45-37)46-38-18-6-4-11-29(38)30-25-42-23-22-39(30)46/h3-25H,1-2H3. The van der Waals surface area contributed by atoms with Gasteiger partial charge in [-0.1, -0.05) is 86.6 Å². The molecular weight excluding hydrogens is 562 g/mol. The predicted octanol–water partition coefficient (Wildman–Crippen LogP) is 9.67. The third kappa shape index (κ3) is 4.02. The molecule has 5 nitrogen and oxygen atoms in total. The van der Waals surface area contributed by atoms with Crippen LogP contribution in [0.25, 0.3) is 72.8 Å². The second kappa shape index (κ2) is 10.0. The smallest absolute Gasteiger partial charge is 0.138 e. The molecule has 0 saturated carbocycles. The van der Waals surface area contributed by atoms with Gasteiger partial charge in [0.15, 0.2) is 0 Å². The number of fused-ring (bicyclic) bond motifs is 6. The van der Waals surface area contributed by atoms with E-state index in [0.717, 1.165) is 61.7 Å². The first-order valence-corrected chi connectivity index (χ1v) is 15.6. The summed E-state index contributed by atoms with van der Waals surface area (Å²) in [7, 11) is 0. The Labute approximate surface area is 266 Å². The summed E-state index contributed by atoms with van der Waals surface area (Å²) in [5.74, 6) is 0.837. The number of rotatable bonds is 4. The molecule has 0 fully saturated rings. The third-order valence-electron chi connectivity index (χ3n) is 9.34. The highest BCUT2D eigenvalue weighted by atomic mass is 15.1. The molecule has 1 aliphatic carbocycles. The van der Waals surface area contributed by atoms with Crippen molar-refractivity contribution in [3.63, 3.8) is 0 Å². The van der Waals surface area contributed by atoms with Gasteiger partial charge in [-0.2, -0.15) is 0 Å². The largest absolute Gasteiger partial charge is 0.294 e. The Balaban J connectivity index is 1.09. The van der Waals surface area contributed by atoms with Crippen molar-refractivity contribution in [2.24, 2.45) is 0 Å². The van der Waals surface area contributed by atoms with Crippen molar-refractivity contribution in [3.05, 3.63) is 151 Å². The van der Waals surface area contributed by atoms with Crippen molar-refractivity contribution in [1.82, 2.24) is 24.5 Å². The van der Waals surface area contributed by atoms with Crippen LogP contribution in [0.2, 0.25) is 0 Å². The van der Waals surface area contributed by atoms with Crippen LogP contribution < -0.4 is 0 Å². The fourth-order valence-corrected chi connectivity index (χ4v) is 7.07. The molecule has 0 N–H and O–H groups in total. The molecule has 5 aromatic heterocycles. The number of aromatic nitrogens is 5. The minimum Gasteiger partial charge on any atom is -0.294 e. The summed E-state index contributed by atoms with van der Waals surface area (Å²) in [5.41, 5.74) is 12.7. The van der Waals surface area contributed by atoms with E-state index in [2.05, 4.69) is 102 Å². The van der Waals surface area contributed by atoms with Crippen LogP contribution in [0, 0.1) is 0 Å². The normalized spacial score (nSPS) is 13.2. The summed E-state index contributed by atoms with van der Waals surface area (Å²) in [4.78, 5) is 19.7. The third-order valence-corrected chi connectivity index (χ3v) is 9.34. The molecule has 0 saturated heterocycles. The topological polar surface area (TPSA) is 56.5 Å². The van der Waals surface area contributed by atoms with Gasteiger partial charge in [-0.15, -0.1) is 0 Å². The van der Waals surface area contributed by atoms with E-state index in [4.69, 9.17) is 15.0 Å². The number of para-hydroxylation sites is 1. The molecule has 5 heterocycles. The lowest BCUT2D eigenvalue weighted by Crippen LogP contribution is -2.14. The van der Waals surface area contributed by atoms with Crippen LogP contribution in [0.5, 0.6) is 0 Å². The van der Waals surface area contributed by atoms with Gasteiger partial charge in [0.05, 0.1) is 39.5 Å². The molecule has 5 heteroatoms. The summed E-state index contributed by atoms with van der Waals surface area (Å²) in [6, 6.07) is 44.2. The second-order valence-electron chi connectivity index (χ2n) is 12.4. The Morgan fingerprint density at radius 2 is 1.13 bits per heavy atom. The van der Waals surface area contributed by atoms with Gasteiger partial charge < -0.3 is 0 Å². The minimum atomic E-state index is -0.0624. The van der Waals surface area contributed by atoms with Crippen LogP contribution in [0.1, 0.15) is 25.0 Å². The molecule has 9 rings (SSSR count). The summed E-state index contributed by atoms with van der Waals surface area (Å²) in [6.07, 6.45) is 3.75. The Morgan fingerprint density at radius 3 is 1.96 bits per heavy atom. The van der Waals surface area contributed by atoms with E-state index in [9.17, 15) is 0 Å². The van der Waals surface area contributed by atoms with Gasteiger partial charge in [0, 0.05) is 34.1 Å². The predicted molar refractivity (Wildman–Crippen MR) is 186 cm³/mol. The summed E-state index contributed by atoms with van der Waals surface area (Å²) in [6.45, 7) is 4.62. The van der Waals surface area contributed by atoms with Crippen LogP contribution >= 0.6 is 0 Å². The van der Waals surface area contributed by atoms with E-state index in [1.54, 1.807) is 0 Å².